The van der Waals surface area contributed by atoms with Crippen LogP contribution in [-0.2, 0) is 20.2 Å². The minimum absolute atomic E-state index is 0. The van der Waals surface area contributed by atoms with Gasteiger partial charge in [0.25, 0.3) is 0 Å². The van der Waals surface area contributed by atoms with E-state index in [-0.39, 0.29) is 24.8 Å². The molecule has 156 valence electrons. The summed E-state index contributed by atoms with van der Waals surface area (Å²) in [4.78, 5) is 0. The maximum atomic E-state index is 13.7. The van der Waals surface area contributed by atoms with E-state index in [0.717, 1.165) is 23.0 Å². The molecule has 10 heteroatoms. The van der Waals surface area contributed by atoms with E-state index in [1.807, 2.05) is 25.2 Å². The summed E-state index contributed by atoms with van der Waals surface area (Å²) in [5.41, 5.74) is 1.58. The number of hydrogen-bond donors (Lipinski definition) is 1. The van der Waals surface area contributed by atoms with Crippen LogP contribution in [0.4, 0.5) is 4.39 Å². The number of thioether (sulfide) groups is 1. The number of nitrogens with zero attached hydrogens (tertiary/aromatic N) is 4. The lowest BCUT2D eigenvalue weighted by Crippen LogP contribution is -3.00. The molecule has 0 bridgehead atoms. The van der Waals surface area contributed by atoms with Crippen molar-refractivity contribution in [3.8, 4) is 11.5 Å². The Kier molecular flexibility index (Phi) is 9.17. The summed E-state index contributed by atoms with van der Waals surface area (Å²) < 4.78 is 26.5. The molecule has 0 radical (unpaired) electrons. The summed E-state index contributed by atoms with van der Waals surface area (Å²) in [5, 5.41) is 15.5. The number of benzene rings is 2. The number of nitrogens with one attached hydrogen (secondary N) is 1. The molecule has 0 aliphatic heterocycles. The molecule has 1 N–H and O–H groups in total. The smallest absolute Gasteiger partial charge is 0.209 e. The Morgan fingerprint density at radius 1 is 1.17 bits per heavy atom. The molecule has 3 aromatic rings. The average molecular weight is 439 g/mol. The van der Waals surface area contributed by atoms with Gasteiger partial charge in [-0.05, 0) is 34.2 Å². The fourth-order valence-corrected chi connectivity index (χ4v) is 3.25. The molecule has 0 unspecified atom stereocenters. The Hall–Kier alpha value is -2.36. The van der Waals surface area contributed by atoms with E-state index in [1.54, 1.807) is 41.8 Å². The first-order valence-corrected chi connectivity index (χ1v) is 9.75. The lowest BCUT2D eigenvalue weighted by Gasteiger charge is -2.13. The lowest BCUT2D eigenvalue weighted by atomic mass is 10.2. The number of aryl methyl sites for hydroxylation is 1. The van der Waals surface area contributed by atoms with Crippen molar-refractivity contribution in [1.29, 1.82) is 0 Å². The van der Waals surface area contributed by atoms with Crippen LogP contribution in [0.3, 0.4) is 0 Å². The summed E-state index contributed by atoms with van der Waals surface area (Å²) in [6.07, 6.45) is 0. The third-order valence-corrected chi connectivity index (χ3v) is 5.00. The highest BCUT2D eigenvalue weighted by molar-refractivity contribution is 7.99. The van der Waals surface area contributed by atoms with Crippen molar-refractivity contribution in [2.45, 2.75) is 18.3 Å². The first-order chi connectivity index (χ1) is 13.7. The molecule has 0 amide bonds. The van der Waals surface area contributed by atoms with E-state index < -0.39 is 0 Å². The van der Waals surface area contributed by atoms with Crippen LogP contribution in [0.25, 0.3) is 0 Å². The van der Waals surface area contributed by atoms with Crippen LogP contribution in [0.1, 0.15) is 11.1 Å². The van der Waals surface area contributed by atoms with Crippen molar-refractivity contribution in [2.24, 2.45) is 7.05 Å². The van der Waals surface area contributed by atoms with Crippen LogP contribution in [0, 0.1) is 5.82 Å². The molecule has 0 aliphatic rings. The van der Waals surface area contributed by atoms with Crippen molar-refractivity contribution in [3.05, 3.63) is 59.4 Å². The second-order valence-electron chi connectivity index (χ2n) is 5.98. The van der Waals surface area contributed by atoms with Gasteiger partial charge in [-0.15, -0.1) is 5.10 Å². The highest BCUT2D eigenvalue weighted by Gasteiger charge is 2.08. The number of methoxy groups -OCH3 is 1. The van der Waals surface area contributed by atoms with Gasteiger partial charge in [-0.3, -0.25) is 0 Å². The van der Waals surface area contributed by atoms with Gasteiger partial charge in [0.1, 0.15) is 12.4 Å². The number of rotatable bonds is 10. The SMILES string of the molecule is COc1cc(CNCCSc2nnnn2C)ccc1OCc1ccccc1F.[Cl-]. The van der Waals surface area contributed by atoms with Gasteiger partial charge in [-0.25, -0.2) is 9.07 Å². The Balaban J connectivity index is 0.00000300. The zero-order valence-corrected chi connectivity index (χ0v) is 17.7. The highest BCUT2D eigenvalue weighted by atomic mass is 35.5. The number of tetrazole rings is 1. The van der Waals surface area contributed by atoms with E-state index in [4.69, 9.17) is 9.47 Å². The standard InChI is InChI=1S/C19H22FN5O2S.ClH/c1-25-19(22-23-24-25)28-10-9-21-12-14-7-8-17(18(11-14)26-2)27-13-15-5-3-4-6-16(15)20;/h3-8,11,21H,9-10,12-13H2,1-2H3;1H/p-1. The number of halogens is 2. The van der Waals surface area contributed by atoms with Gasteiger partial charge in [-0.1, -0.05) is 36.0 Å². The van der Waals surface area contributed by atoms with Gasteiger partial charge in [-0.2, -0.15) is 0 Å². The maximum absolute atomic E-state index is 13.7. The average Bonchev–Trinajstić information content (AvgIpc) is 3.12. The maximum Gasteiger partial charge on any atom is 0.209 e. The topological polar surface area (TPSA) is 74.1 Å². The van der Waals surface area contributed by atoms with Crippen molar-refractivity contribution < 1.29 is 26.3 Å². The summed E-state index contributed by atoms with van der Waals surface area (Å²) in [6, 6.07) is 12.3. The number of ether oxygens (including phenoxy) is 2. The van der Waals surface area contributed by atoms with Crippen LogP contribution in [-0.4, -0.2) is 39.6 Å². The van der Waals surface area contributed by atoms with Crippen LogP contribution < -0.4 is 27.2 Å². The Bertz CT molecular complexity index is 912. The first kappa shape index (κ1) is 22.9. The van der Waals surface area contributed by atoms with Crippen LogP contribution in [0.5, 0.6) is 11.5 Å². The van der Waals surface area contributed by atoms with Crippen molar-refractivity contribution in [3.63, 3.8) is 0 Å². The normalized spacial score (nSPS) is 10.4. The first-order valence-electron chi connectivity index (χ1n) is 8.76. The van der Waals surface area contributed by atoms with Crippen LogP contribution in [0.2, 0.25) is 0 Å². The predicted octanol–water partition coefficient (Wildman–Crippen LogP) is -0.177. The molecule has 7 nitrogen and oxygen atoms in total. The summed E-state index contributed by atoms with van der Waals surface area (Å²) in [6.45, 7) is 1.65. The molecule has 0 fully saturated rings. The molecule has 3 rings (SSSR count). The fourth-order valence-electron chi connectivity index (χ4n) is 2.50. The zero-order valence-electron chi connectivity index (χ0n) is 16.1. The molecule has 29 heavy (non-hydrogen) atoms. The second kappa shape index (κ2) is 11.6. The van der Waals surface area contributed by atoms with Gasteiger partial charge in [0.2, 0.25) is 5.16 Å². The largest absolute Gasteiger partial charge is 1.00 e. The van der Waals surface area contributed by atoms with E-state index in [2.05, 4.69) is 20.8 Å². The quantitative estimate of drug-likeness (QED) is 0.348. The molecule has 0 spiro atoms. The molecule has 0 saturated carbocycles. The second-order valence-corrected chi connectivity index (χ2v) is 7.04. The van der Waals surface area contributed by atoms with Crippen molar-refractivity contribution in [1.82, 2.24) is 25.5 Å². The van der Waals surface area contributed by atoms with Crippen LogP contribution in [0.15, 0.2) is 47.6 Å². The Morgan fingerprint density at radius 3 is 2.72 bits per heavy atom. The van der Waals surface area contributed by atoms with Gasteiger partial charge < -0.3 is 27.2 Å². The molecule has 1 heterocycles. The lowest BCUT2D eigenvalue weighted by molar-refractivity contribution is -0.00000712. The van der Waals surface area contributed by atoms with E-state index in [0.29, 0.717) is 23.6 Å². The number of hydrogen-bond acceptors (Lipinski definition) is 7. The number of aromatic nitrogens is 4. The molecular weight excluding hydrogens is 417 g/mol. The van der Waals surface area contributed by atoms with E-state index in [9.17, 15) is 4.39 Å². The predicted molar refractivity (Wildman–Crippen MR) is 105 cm³/mol. The molecular formula is C19H22ClFN5O2S-. The van der Waals surface area contributed by atoms with Crippen molar-refractivity contribution >= 4 is 11.8 Å². The monoisotopic (exact) mass is 438 g/mol. The minimum Gasteiger partial charge on any atom is -1.00 e. The van der Waals surface area contributed by atoms with Crippen molar-refractivity contribution in [2.75, 3.05) is 19.4 Å². The molecule has 1 aromatic heterocycles. The highest BCUT2D eigenvalue weighted by Crippen LogP contribution is 2.29. The fraction of sp³-hybridized carbons (Fsp3) is 0.316. The van der Waals surface area contributed by atoms with Gasteiger partial charge in [0, 0.05) is 31.5 Å². The van der Waals surface area contributed by atoms with Gasteiger partial charge in [0.05, 0.1) is 7.11 Å². The Morgan fingerprint density at radius 2 is 2.00 bits per heavy atom. The van der Waals surface area contributed by atoms with E-state index >= 15 is 0 Å². The third kappa shape index (κ3) is 6.59. The van der Waals surface area contributed by atoms with Gasteiger partial charge in [0.15, 0.2) is 11.5 Å². The van der Waals surface area contributed by atoms with Gasteiger partial charge >= 0.3 is 0 Å². The molecule has 0 atom stereocenters. The summed E-state index contributed by atoms with van der Waals surface area (Å²) >= 11 is 1.59. The van der Waals surface area contributed by atoms with Crippen LogP contribution >= 0.6 is 11.8 Å². The third-order valence-electron chi connectivity index (χ3n) is 3.99. The molecule has 0 aliphatic carbocycles. The minimum atomic E-state index is -0.280. The summed E-state index contributed by atoms with van der Waals surface area (Å²) in [7, 11) is 3.41. The summed E-state index contributed by atoms with van der Waals surface area (Å²) in [5.74, 6) is 1.78. The molecule has 0 saturated heterocycles. The van der Waals surface area contributed by atoms with E-state index in [1.165, 1.54) is 6.07 Å². The molecule has 2 aromatic carbocycles. The Labute approximate surface area is 179 Å². The zero-order chi connectivity index (χ0) is 19.8.